The van der Waals surface area contributed by atoms with Gasteiger partial charge in [0.25, 0.3) is 0 Å². The molecular formula is C12H20F2N4. The molecule has 0 radical (unpaired) electrons. The van der Waals surface area contributed by atoms with Crippen LogP contribution < -0.4 is 16.2 Å². The van der Waals surface area contributed by atoms with Gasteiger partial charge in [0.1, 0.15) is 0 Å². The van der Waals surface area contributed by atoms with Crippen molar-refractivity contribution in [1.82, 2.24) is 4.98 Å². The summed E-state index contributed by atoms with van der Waals surface area (Å²) in [6.45, 7) is 8.56. The van der Waals surface area contributed by atoms with Crippen molar-refractivity contribution in [3.8, 4) is 0 Å². The Morgan fingerprint density at radius 2 is 1.89 bits per heavy atom. The predicted octanol–water partition coefficient (Wildman–Crippen LogP) is 2.52. The molecule has 0 unspecified atom stereocenters. The number of nitrogen functional groups attached to an aromatic ring is 1. The van der Waals surface area contributed by atoms with Gasteiger partial charge in [-0.25, -0.2) is 19.6 Å². The average Bonchev–Trinajstić information content (AvgIpc) is 2.26. The monoisotopic (exact) mass is 258 g/mol. The quantitative estimate of drug-likeness (QED) is 0.629. The minimum absolute atomic E-state index is 0.0606. The molecule has 0 aromatic carbocycles. The SMILES string of the molecule is CC(C)CN(c1nc(NN)c(F)cc1F)C(C)C. The van der Waals surface area contributed by atoms with Gasteiger partial charge in [-0.1, -0.05) is 13.8 Å². The maximum absolute atomic E-state index is 13.8. The lowest BCUT2D eigenvalue weighted by molar-refractivity contribution is 0.531. The van der Waals surface area contributed by atoms with Crippen LogP contribution in [0.3, 0.4) is 0 Å². The van der Waals surface area contributed by atoms with Crippen LogP contribution in [-0.4, -0.2) is 17.6 Å². The molecule has 0 bridgehead atoms. The molecule has 0 atom stereocenters. The van der Waals surface area contributed by atoms with Gasteiger partial charge in [-0.2, -0.15) is 0 Å². The highest BCUT2D eigenvalue weighted by atomic mass is 19.1. The number of hydrogen-bond acceptors (Lipinski definition) is 4. The number of nitrogens with two attached hydrogens (primary N) is 1. The lowest BCUT2D eigenvalue weighted by atomic mass is 10.1. The minimum atomic E-state index is -0.799. The topological polar surface area (TPSA) is 54.2 Å². The van der Waals surface area contributed by atoms with E-state index in [4.69, 9.17) is 5.84 Å². The van der Waals surface area contributed by atoms with Gasteiger partial charge in [-0.3, -0.25) is 0 Å². The second kappa shape index (κ2) is 5.95. The van der Waals surface area contributed by atoms with E-state index in [2.05, 4.69) is 10.4 Å². The van der Waals surface area contributed by atoms with E-state index in [0.29, 0.717) is 12.5 Å². The normalized spacial score (nSPS) is 11.2. The van der Waals surface area contributed by atoms with Crippen molar-refractivity contribution >= 4 is 11.6 Å². The molecular weight excluding hydrogens is 238 g/mol. The number of hydrazine groups is 1. The Morgan fingerprint density at radius 3 is 2.33 bits per heavy atom. The summed E-state index contributed by atoms with van der Waals surface area (Å²) >= 11 is 0. The van der Waals surface area contributed by atoms with Crippen LogP contribution in [0.15, 0.2) is 6.07 Å². The van der Waals surface area contributed by atoms with Gasteiger partial charge < -0.3 is 10.3 Å². The molecule has 102 valence electrons. The maximum Gasteiger partial charge on any atom is 0.178 e. The fourth-order valence-electron chi connectivity index (χ4n) is 1.69. The van der Waals surface area contributed by atoms with Crippen LogP contribution in [0.4, 0.5) is 20.4 Å². The van der Waals surface area contributed by atoms with Crippen molar-refractivity contribution in [2.24, 2.45) is 11.8 Å². The Balaban J connectivity index is 3.18. The van der Waals surface area contributed by atoms with Gasteiger partial charge in [0.05, 0.1) is 0 Å². The lowest BCUT2D eigenvalue weighted by Gasteiger charge is -2.30. The number of nitrogens with one attached hydrogen (secondary N) is 1. The van der Waals surface area contributed by atoms with Gasteiger partial charge in [-0.15, -0.1) is 0 Å². The van der Waals surface area contributed by atoms with Gasteiger partial charge in [0.15, 0.2) is 23.3 Å². The molecule has 0 aliphatic rings. The lowest BCUT2D eigenvalue weighted by Crippen LogP contribution is -2.36. The van der Waals surface area contributed by atoms with Gasteiger partial charge in [0, 0.05) is 18.7 Å². The summed E-state index contributed by atoms with van der Waals surface area (Å²) in [6, 6.07) is 0.859. The molecule has 1 aromatic heterocycles. The summed E-state index contributed by atoms with van der Waals surface area (Å²) in [7, 11) is 0. The Morgan fingerprint density at radius 1 is 1.28 bits per heavy atom. The van der Waals surface area contributed by atoms with E-state index in [1.807, 2.05) is 27.7 Å². The van der Waals surface area contributed by atoms with Crippen molar-refractivity contribution < 1.29 is 8.78 Å². The average molecular weight is 258 g/mol. The molecule has 0 fully saturated rings. The molecule has 0 saturated carbocycles. The van der Waals surface area contributed by atoms with E-state index in [9.17, 15) is 8.78 Å². The molecule has 1 aromatic rings. The smallest absolute Gasteiger partial charge is 0.178 e. The number of hydrogen-bond donors (Lipinski definition) is 2. The zero-order valence-corrected chi connectivity index (χ0v) is 11.2. The minimum Gasteiger partial charge on any atom is -0.351 e. The number of rotatable bonds is 5. The second-order valence-corrected chi connectivity index (χ2v) is 4.91. The van der Waals surface area contributed by atoms with Crippen LogP contribution in [-0.2, 0) is 0 Å². The molecule has 0 spiro atoms. The fourth-order valence-corrected chi connectivity index (χ4v) is 1.69. The van der Waals surface area contributed by atoms with E-state index < -0.39 is 11.6 Å². The molecule has 0 aliphatic carbocycles. The fraction of sp³-hybridized carbons (Fsp3) is 0.583. The first kappa shape index (κ1) is 14.6. The van der Waals surface area contributed by atoms with E-state index in [0.717, 1.165) is 6.07 Å². The number of halogens is 2. The van der Waals surface area contributed by atoms with Crippen molar-refractivity contribution in [3.05, 3.63) is 17.7 Å². The molecule has 4 nitrogen and oxygen atoms in total. The Labute approximate surface area is 106 Å². The molecule has 3 N–H and O–H groups in total. The molecule has 0 amide bonds. The van der Waals surface area contributed by atoms with E-state index in [1.54, 1.807) is 4.90 Å². The first-order valence-corrected chi connectivity index (χ1v) is 5.96. The third-order valence-corrected chi connectivity index (χ3v) is 2.50. The van der Waals surface area contributed by atoms with Crippen LogP contribution in [0.5, 0.6) is 0 Å². The number of pyridine rings is 1. The summed E-state index contributed by atoms with van der Waals surface area (Å²) in [4.78, 5) is 5.70. The highest BCUT2D eigenvalue weighted by Crippen LogP contribution is 2.24. The van der Waals surface area contributed by atoms with E-state index >= 15 is 0 Å². The highest BCUT2D eigenvalue weighted by molar-refractivity contribution is 5.49. The van der Waals surface area contributed by atoms with E-state index in [1.165, 1.54) is 0 Å². The van der Waals surface area contributed by atoms with Gasteiger partial charge >= 0.3 is 0 Å². The molecule has 0 saturated heterocycles. The third kappa shape index (κ3) is 3.29. The van der Waals surface area contributed by atoms with Crippen molar-refractivity contribution in [2.75, 3.05) is 16.9 Å². The second-order valence-electron chi connectivity index (χ2n) is 4.91. The zero-order valence-electron chi connectivity index (χ0n) is 11.2. The Hall–Kier alpha value is -1.43. The van der Waals surface area contributed by atoms with Crippen molar-refractivity contribution in [1.29, 1.82) is 0 Å². The number of nitrogens with zero attached hydrogens (tertiary/aromatic N) is 2. The number of anilines is 2. The predicted molar refractivity (Wildman–Crippen MR) is 69.3 cm³/mol. The van der Waals surface area contributed by atoms with Crippen molar-refractivity contribution in [3.63, 3.8) is 0 Å². The van der Waals surface area contributed by atoms with Crippen molar-refractivity contribution in [2.45, 2.75) is 33.7 Å². The van der Waals surface area contributed by atoms with Gasteiger partial charge in [-0.05, 0) is 19.8 Å². The summed E-state index contributed by atoms with van der Waals surface area (Å²) in [6.07, 6.45) is 0. The largest absolute Gasteiger partial charge is 0.351 e. The Bertz CT molecular complexity index is 407. The van der Waals surface area contributed by atoms with Crippen LogP contribution in [0.25, 0.3) is 0 Å². The summed E-state index contributed by atoms with van der Waals surface area (Å²) in [5.74, 6) is 3.98. The Kier molecular flexibility index (Phi) is 4.84. The van der Waals surface area contributed by atoms with Crippen LogP contribution in [0, 0.1) is 17.6 Å². The summed E-state index contributed by atoms with van der Waals surface area (Å²) < 4.78 is 27.1. The van der Waals surface area contributed by atoms with Crippen LogP contribution >= 0.6 is 0 Å². The molecule has 1 rings (SSSR count). The van der Waals surface area contributed by atoms with Gasteiger partial charge in [0.2, 0.25) is 0 Å². The maximum atomic E-state index is 13.8. The molecule has 18 heavy (non-hydrogen) atoms. The zero-order chi connectivity index (χ0) is 13.9. The van der Waals surface area contributed by atoms with E-state index in [-0.39, 0.29) is 17.7 Å². The molecule has 0 aliphatic heterocycles. The standard InChI is InChI=1S/C12H20F2N4/c1-7(2)6-18(8(3)4)12-10(14)5-9(13)11(16-12)17-15/h5,7-8H,6,15H2,1-4H3,(H,16,17). The van der Waals surface area contributed by atoms with Crippen LogP contribution in [0.1, 0.15) is 27.7 Å². The first-order chi connectivity index (χ1) is 8.36. The number of aromatic nitrogens is 1. The summed E-state index contributed by atoms with van der Waals surface area (Å²) in [5, 5.41) is 0. The first-order valence-electron chi connectivity index (χ1n) is 5.96. The molecule has 6 heteroatoms. The van der Waals surface area contributed by atoms with Crippen LogP contribution in [0.2, 0.25) is 0 Å². The third-order valence-electron chi connectivity index (χ3n) is 2.50. The summed E-state index contributed by atoms with van der Waals surface area (Å²) in [5.41, 5.74) is 2.13. The molecule has 1 heterocycles. The highest BCUT2D eigenvalue weighted by Gasteiger charge is 2.20.